The third-order valence-corrected chi connectivity index (χ3v) is 3.72. The third-order valence-electron chi connectivity index (χ3n) is 3.72. The summed E-state index contributed by atoms with van der Waals surface area (Å²) in [6.07, 6.45) is 3.97. The molecule has 0 saturated carbocycles. The maximum Gasteiger partial charge on any atom is 0.311 e. The molecular weight excluding hydrogens is 310 g/mol. The van der Waals surface area contributed by atoms with Crippen LogP contribution in [0.4, 0.5) is 5.69 Å². The van der Waals surface area contributed by atoms with Crippen LogP contribution in [0.3, 0.4) is 0 Å². The number of nitro groups is 1. The number of hydrogen-bond acceptors (Lipinski definition) is 5. The molecule has 0 fully saturated rings. The van der Waals surface area contributed by atoms with Crippen molar-refractivity contribution < 1.29 is 14.5 Å². The van der Waals surface area contributed by atoms with E-state index in [2.05, 4.69) is 4.98 Å². The first-order chi connectivity index (χ1) is 11.5. The van der Waals surface area contributed by atoms with E-state index >= 15 is 0 Å². The van der Waals surface area contributed by atoms with E-state index in [1.807, 2.05) is 6.92 Å². The summed E-state index contributed by atoms with van der Waals surface area (Å²) in [6.45, 7) is 2.22. The lowest BCUT2D eigenvalue weighted by atomic mass is 10.1. The van der Waals surface area contributed by atoms with Crippen LogP contribution in [0.15, 0.2) is 36.7 Å². The summed E-state index contributed by atoms with van der Waals surface area (Å²) < 4.78 is 4.98. The zero-order valence-corrected chi connectivity index (χ0v) is 13.9. The minimum Gasteiger partial charge on any atom is -0.490 e. The van der Waals surface area contributed by atoms with Crippen LogP contribution in [0, 0.1) is 10.1 Å². The van der Waals surface area contributed by atoms with Gasteiger partial charge in [-0.3, -0.25) is 19.9 Å². The van der Waals surface area contributed by atoms with Gasteiger partial charge in [0.25, 0.3) is 5.91 Å². The van der Waals surface area contributed by atoms with Crippen LogP contribution in [0.1, 0.15) is 28.4 Å². The van der Waals surface area contributed by atoms with E-state index in [1.54, 1.807) is 31.6 Å². The quantitative estimate of drug-likeness (QED) is 0.601. The average Bonchev–Trinajstić information content (AvgIpc) is 2.60. The Morgan fingerprint density at radius 1 is 1.38 bits per heavy atom. The standard InChI is InChI=1S/C17H19N3O4/c1-4-13-10-18-8-7-14(13)17(21)19(2)11-12-5-6-16(24-3)15(9-12)20(22)23/h5-10H,4,11H2,1-3H3. The summed E-state index contributed by atoms with van der Waals surface area (Å²) >= 11 is 0. The molecule has 0 unspecified atom stereocenters. The molecule has 0 aliphatic heterocycles. The lowest BCUT2D eigenvalue weighted by molar-refractivity contribution is -0.385. The Bertz CT molecular complexity index is 761. The monoisotopic (exact) mass is 329 g/mol. The molecule has 0 aliphatic rings. The second kappa shape index (κ2) is 7.54. The van der Waals surface area contributed by atoms with Crippen LogP contribution in [0.25, 0.3) is 0 Å². The molecule has 0 aliphatic carbocycles. The molecule has 1 aromatic carbocycles. The molecule has 0 N–H and O–H groups in total. The predicted octanol–water partition coefficient (Wildman–Crippen LogP) is 2.83. The molecule has 126 valence electrons. The van der Waals surface area contributed by atoms with Crippen molar-refractivity contribution in [1.82, 2.24) is 9.88 Å². The van der Waals surface area contributed by atoms with Gasteiger partial charge in [-0.1, -0.05) is 13.0 Å². The fraction of sp³-hybridized carbons (Fsp3) is 0.294. The number of methoxy groups -OCH3 is 1. The SMILES string of the molecule is CCc1cnccc1C(=O)N(C)Cc1ccc(OC)c([N+](=O)[O-])c1. The van der Waals surface area contributed by atoms with E-state index in [0.717, 1.165) is 5.56 Å². The highest BCUT2D eigenvalue weighted by Gasteiger charge is 2.19. The smallest absolute Gasteiger partial charge is 0.311 e. The summed E-state index contributed by atoms with van der Waals surface area (Å²) in [7, 11) is 3.05. The van der Waals surface area contributed by atoms with Gasteiger partial charge >= 0.3 is 5.69 Å². The molecule has 0 radical (unpaired) electrons. The normalized spacial score (nSPS) is 10.3. The van der Waals surface area contributed by atoms with Crippen LogP contribution in [0.2, 0.25) is 0 Å². The van der Waals surface area contributed by atoms with Gasteiger partial charge in [0.05, 0.1) is 12.0 Å². The van der Waals surface area contributed by atoms with Gasteiger partial charge in [-0.25, -0.2) is 0 Å². The summed E-state index contributed by atoms with van der Waals surface area (Å²) in [5, 5.41) is 11.1. The van der Waals surface area contributed by atoms with E-state index in [9.17, 15) is 14.9 Å². The fourth-order valence-corrected chi connectivity index (χ4v) is 2.45. The minimum atomic E-state index is -0.498. The Balaban J connectivity index is 2.23. The van der Waals surface area contributed by atoms with Crippen LogP contribution in [-0.2, 0) is 13.0 Å². The Morgan fingerprint density at radius 3 is 2.75 bits per heavy atom. The maximum atomic E-state index is 12.6. The summed E-state index contributed by atoms with van der Waals surface area (Å²) in [5.41, 5.74) is 2.01. The number of amides is 1. The highest BCUT2D eigenvalue weighted by Crippen LogP contribution is 2.28. The molecule has 1 heterocycles. The van der Waals surface area contributed by atoms with Gasteiger partial charge in [-0.2, -0.15) is 0 Å². The molecule has 0 spiro atoms. The van der Waals surface area contributed by atoms with Crippen LogP contribution >= 0.6 is 0 Å². The Labute approximate surface area is 140 Å². The van der Waals surface area contributed by atoms with Gasteiger partial charge in [-0.15, -0.1) is 0 Å². The first-order valence-corrected chi connectivity index (χ1v) is 7.47. The van der Waals surface area contributed by atoms with E-state index in [4.69, 9.17) is 4.74 Å². The molecule has 2 aromatic rings. The molecule has 2 rings (SSSR count). The number of benzene rings is 1. The van der Waals surface area contributed by atoms with Crippen molar-refractivity contribution in [2.24, 2.45) is 0 Å². The second-order valence-electron chi connectivity index (χ2n) is 5.31. The number of pyridine rings is 1. The van der Waals surface area contributed by atoms with Gasteiger partial charge < -0.3 is 9.64 Å². The van der Waals surface area contributed by atoms with Crippen molar-refractivity contribution in [2.75, 3.05) is 14.2 Å². The highest BCUT2D eigenvalue weighted by molar-refractivity contribution is 5.95. The minimum absolute atomic E-state index is 0.117. The average molecular weight is 329 g/mol. The lowest BCUT2D eigenvalue weighted by Crippen LogP contribution is -2.27. The van der Waals surface area contributed by atoms with E-state index in [-0.39, 0.29) is 23.9 Å². The van der Waals surface area contributed by atoms with Crippen molar-refractivity contribution in [3.05, 3.63) is 63.5 Å². The Morgan fingerprint density at radius 2 is 2.12 bits per heavy atom. The lowest BCUT2D eigenvalue weighted by Gasteiger charge is -2.19. The Kier molecular flexibility index (Phi) is 5.47. The van der Waals surface area contributed by atoms with Crippen molar-refractivity contribution in [3.8, 4) is 5.75 Å². The molecule has 24 heavy (non-hydrogen) atoms. The predicted molar refractivity (Wildman–Crippen MR) is 89.1 cm³/mol. The van der Waals surface area contributed by atoms with E-state index in [0.29, 0.717) is 17.5 Å². The van der Waals surface area contributed by atoms with Crippen LogP contribution in [0.5, 0.6) is 5.75 Å². The first-order valence-electron chi connectivity index (χ1n) is 7.47. The number of carbonyl (C=O) groups excluding carboxylic acids is 1. The zero-order chi connectivity index (χ0) is 17.7. The molecule has 1 amide bonds. The van der Waals surface area contributed by atoms with Gasteiger partial charge in [0, 0.05) is 37.6 Å². The topological polar surface area (TPSA) is 85.6 Å². The van der Waals surface area contributed by atoms with Crippen molar-refractivity contribution in [1.29, 1.82) is 0 Å². The molecule has 0 atom stereocenters. The molecular formula is C17H19N3O4. The van der Waals surface area contributed by atoms with Gasteiger partial charge in [0.2, 0.25) is 0 Å². The number of hydrogen-bond donors (Lipinski definition) is 0. The molecule has 7 heteroatoms. The number of ether oxygens (including phenoxy) is 1. The number of carbonyl (C=O) groups is 1. The van der Waals surface area contributed by atoms with Gasteiger partial charge in [0.15, 0.2) is 5.75 Å². The van der Waals surface area contributed by atoms with E-state index < -0.39 is 4.92 Å². The largest absolute Gasteiger partial charge is 0.490 e. The van der Waals surface area contributed by atoms with Crippen molar-refractivity contribution in [2.45, 2.75) is 19.9 Å². The number of rotatable bonds is 6. The molecule has 7 nitrogen and oxygen atoms in total. The molecule has 0 saturated heterocycles. The van der Waals surface area contributed by atoms with E-state index in [1.165, 1.54) is 24.1 Å². The summed E-state index contributed by atoms with van der Waals surface area (Å²) in [6, 6.07) is 6.36. The summed E-state index contributed by atoms with van der Waals surface area (Å²) in [5.74, 6) is 0.0489. The third kappa shape index (κ3) is 3.68. The Hall–Kier alpha value is -2.96. The van der Waals surface area contributed by atoms with Gasteiger partial charge in [-0.05, 0) is 29.7 Å². The highest BCUT2D eigenvalue weighted by atomic mass is 16.6. The first kappa shape index (κ1) is 17.4. The fourth-order valence-electron chi connectivity index (χ4n) is 2.45. The molecule has 1 aromatic heterocycles. The van der Waals surface area contributed by atoms with Crippen LogP contribution < -0.4 is 4.74 Å². The number of nitrogens with zero attached hydrogens (tertiary/aromatic N) is 3. The van der Waals surface area contributed by atoms with Crippen LogP contribution in [-0.4, -0.2) is 34.9 Å². The maximum absolute atomic E-state index is 12.6. The number of aromatic nitrogens is 1. The molecule has 0 bridgehead atoms. The second-order valence-corrected chi connectivity index (χ2v) is 5.31. The number of aryl methyl sites for hydroxylation is 1. The zero-order valence-electron chi connectivity index (χ0n) is 13.9. The van der Waals surface area contributed by atoms with Crippen molar-refractivity contribution >= 4 is 11.6 Å². The summed E-state index contributed by atoms with van der Waals surface area (Å²) in [4.78, 5) is 28.8. The van der Waals surface area contributed by atoms with Gasteiger partial charge in [0.1, 0.15) is 0 Å². The number of nitro benzene ring substituents is 1. The van der Waals surface area contributed by atoms with Crippen molar-refractivity contribution in [3.63, 3.8) is 0 Å².